The van der Waals surface area contributed by atoms with Crippen LogP contribution in [0.4, 0.5) is 5.82 Å². The molecule has 1 aromatic rings. The molecule has 88 valence electrons. The molecule has 0 aliphatic carbocycles. The predicted octanol–water partition coefficient (Wildman–Crippen LogP) is 0.673. The Morgan fingerprint density at radius 2 is 2.50 bits per heavy atom. The van der Waals surface area contributed by atoms with Crippen LogP contribution in [0.2, 0.25) is 0 Å². The fraction of sp³-hybridized carbons (Fsp3) is 0.636. The van der Waals surface area contributed by atoms with Crippen molar-refractivity contribution in [2.45, 2.75) is 18.9 Å². The molecule has 1 unspecified atom stereocenters. The lowest BCUT2D eigenvalue weighted by atomic mass is 10.2. The van der Waals surface area contributed by atoms with Crippen LogP contribution in [-0.4, -0.2) is 43.3 Å². The van der Waals surface area contributed by atoms with E-state index in [0.717, 1.165) is 24.7 Å². The van der Waals surface area contributed by atoms with Crippen LogP contribution in [0, 0.1) is 0 Å². The van der Waals surface area contributed by atoms with Crippen LogP contribution in [0.3, 0.4) is 0 Å². The molecule has 2 heterocycles. The van der Waals surface area contributed by atoms with E-state index in [1.54, 1.807) is 19.6 Å². The number of nitrogens with one attached hydrogen (secondary N) is 1. The fourth-order valence-corrected chi connectivity index (χ4v) is 2.07. The van der Waals surface area contributed by atoms with Crippen LogP contribution in [-0.2, 0) is 0 Å². The Balaban J connectivity index is 2.04. The van der Waals surface area contributed by atoms with Gasteiger partial charge in [-0.2, -0.15) is 0 Å². The van der Waals surface area contributed by atoms with Gasteiger partial charge in [0.25, 0.3) is 0 Å². The molecule has 16 heavy (non-hydrogen) atoms. The molecule has 2 rings (SSSR count). The highest BCUT2D eigenvalue weighted by atomic mass is 16.5. The molecule has 1 fully saturated rings. The highest BCUT2D eigenvalue weighted by molar-refractivity contribution is 5.50. The number of hydrogen-bond donors (Lipinski definition) is 1. The largest absolute Gasteiger partial charge is 0.491 e. The van der Waals surface area contributed by atoms with Gasteiger partial charge in [-0.15, -0.1) is 0 Å². The second kappa shape index (κ2) is 5.12. The summed E-state index contributed by atoms with van der Waals surface area (Å²) in [5.41, 5.74) is 0. The van der Waals surface area contributed by atoms with Crippen LogP contribution >= 0.6 is 0 Å². The number of methoxy groups -OCH3 is 1. The summed E-state index contributed by atoms with van der Waals surface area (Å²) in [7, 11) is 3.68. The molecule has 0 spiro atoms. The molecule has 0 aromatic carbocycles. The van der Waals surface area contributed by atoms with Gasteiger partial charge in [-0.1, -0.05) is 0 Å². The number of aromatic nitrogens is 2. The van der Waals surface area contributed by atoms with Crippen molar-refractivity contribution in [3.63, 3.8) is 0 Å². The molecular weight excluding hydrogens is 204 g/mol. The van der Waals surface area contributed by atoms with E-state index in [1.807, 2.05) is 7.05 Å². The number of rotatable bonds is 4. The first kappa shape index (κ1) is 11.1. The number of likely N-dealkylation sites (N-methyl/N-ethyl adjacent to an activating group) is 1. The topological polar surface area (TPSA) is 50.3 Å². The molecule has 1 atom stereocenters. The van der Waals surface area contributed by atoms with E-state index in [-0.39, 0.29) is 0 Å². The van der Waals surface area contributed by atoms with Gasteiger partial charge in [0.2, 0.25) is 0 Å². The zero-order valence-corrected chi connectivity index (χ0v) is 9.81. The highest BCUT2D eigenvalue weighted by Crippen LogP contribution is 2.23. The van der Waals surface area contributed by atoms with Gasteiger partial charge in [0.1, 0.15) is 6.33 Å². The van der Waals surface area contributed by atoms with Crippen LogP contribution < -0.4 is 15.0 Å². The molecular formula is C11H18N4O. The van der Waals surface area contributed by atoms with E-state index in [9.17, 15) is 0 Å². The van der Waals surface area contributed by atoms with Crippen molar-refractivity contribution in [3.8, 4) is 5.75 Å². The third-order valence-corrected chi connectivity index (χ3v) is 2.90. The van der Waals surface area contributed by atoms with E-state index in [4.69, 9.17) is 4.74 Å². The molecule has 1 saturated heterocycles. The van der Waals surface area contributed by atoms with Gasteiger partial charge in [0.15, 0.2) is 11.6 Å². The maximum atomic E-state index is 5.24. The van der Waals surface area contributed by atoms with Crippen molar-refractivity contribution < 1.29 is 4.74 Å². The third-order valence-electron chi connectivity index (χ3n) is 2.90. The number of hydrogen-bond acceptors (Lipinski definition) is 5. The Morgan fingerprint density at radius 1 is 1.62 bits per heavy atom. The molecule has 1 aromatic heterocycles. The highest BCUT2D eigenvalue weighted by Gasteiger charge is 2.18. The number of anilines is 1. The van der Waals surface area contributed by atoms with E-state index in [1.165, 1.54) is 12.8 Å². The summed E-state index contributed by atoms with van der Waals surface area (Å²) in [5, 5.41) is 3.47. The minimum Gasteiger partial charge on any atom is -0.491 e. The SMILES string of the molecule is COc1cncnc1N(C)CC1CCCN1. The third kappa shape index (κ3) is 2.41. The molecule has 5 heteroatoms. The normalized spacial score (nSPS) is 19.8. The van der Waals surface area contributed by atoms with Crippen LogP contribution in [0.25, 0.3) is 0 Å². The van der Waals surface area contributed by atoms with Crippen LogP contribution in [0.15, 0.2) is 12.5 Å². The maximum absolute atomic E-state index is 5.24. The Hall–Kier alpha value is -1.36. The monoisotopic (exact) mass is 222 g/mol. The summed E-state index contributed by atoms with van der Waals surface area (Å²) in [6, 6.07) is 0.560. The summed E-state index contributed by atoms with van der Waals surface area (Å²) in [6.45, 7) is 2.08. The minimum atomic E-state index is 0.560. The summed E-state index contributed by atoms with van der Waals surface area (Å²) in [6.07, 6.45) is 5.74. The smallest absolute Gasteiger partial charge is 0.179 e. The first-order chi connectivity index (χ1) is 7.81. The van der Waals surface area contributed by atoms with Crippen LogP contribution in [0.1, 0.15) is 12.8 Å². The van der Waals surface area contributed by atoms with Gasteiger partial charge in [-0.3, -0.25) is 0 Å². The first-order valence-electron chi connectivity index (χ1n) is 5.60. The van der Waals surface area contributed by atoms with Gasteiger partial charge in [-0.25, -0.2) is 9.97 Å². The molecule has 0 radical (unpaired) electrons. The van der Waals surface area contributed by atoms with E-state index in [2.05, 4.69) is 20.2 Å². The van der Waals surface area contributed by atoms with Gasteiger partial charge in [0.05, 0.1) is 13.3 Å². The molecule has 0 saturated carbocycles. The van der Waals surface area contributed by atoms with Crippen molar-refractivity contribution in [1.82, 2.24) is 15.3 Å². The van der Waals surface area contributed by atoms with E-state index >= 15 is 0 Å². The van der Waals surface area contributed by atoms with Crippen molar-refractivity contribution in [1.29, 1.82) is 0 Å². The van der Waals surface area contributed by atoms with E-state index < -0.39 is 0 Å². The van der Waals surface area contributed by atoms with Crippen molar-refractivity contribution in [2.24, 2.45) is 0 Å². The molecule has 1 N–H and O–H groups in total. The molecule has 0 amide bonds. The maximum Gasteiger partial charge on any atom is 0.179 e. The van der Waals surface area contributed by atoms with Gasteiger partial charge in [-0.05, 0) is 19.4 Å². The zero-order chi connectivity index (χ0) is 11.4. The lowest BCUT2D eigenvalue weighted by Gasteiger charge is -2.23. The second-order valence-electron chi connectivity index (χ2n) is 4.09. The standard InChI is InChI=1S/C11H18N4O/c1-15(7-9-4-3-5-13-9)11-10(16-2)6-12-8-14-11/h6,8-9,13H,3-5,7H2,1-2H3. The second-order valence-corrected chi connectivity index (χ2v) is 4.09. The van der Waals surface area contributed by atoms with Crippen molar-refractivity contribution in [3.05, 3.63) is 12.5 Å². The summed E-state index contributed by atoms with van der Waals surface area (Å²) in [5.74, 6) is 1.58. The molecule has 1 aliphatic heterocycles. The minimum absolute atomic E-state index is 0.560. The quantitative estimate of drug-likeness (QED) is 0.811. The Bertz CT molecular complexity index is 339. The Morgan fingerprint density at radius 3 is 3.19 bits per heavy atom. The summed E-state index contributed by atoms with van der Waals surface area (Å²) >= 11 is 0. The van der Waals surface area contributed by atoms with Crippen molar-refractivity contribution in [2.75, 3.05) is 32.1 Å². The average Bonchev–Trinajstić information content (AvgIpc) is 2.81. The molecule has 1 aliphatic rings. The number of nitrogens with zero attached hydrogens (tertiary/aromatic N) is 3. The Kier molecular flexibility index (Phi) is 3.56. The Labute approximate surface area is 95.8 Å². The first-order valence-corrected chi connectivity index (χ1v) is 5.60. The van der Waals surface area contributed by atoms with Gasteiger partial charge in [0, 0.05) is 19.6 Å². The van der Waals surface area contributed by atoms with Crippen LogP contribution in [0.5, 0.6) is 5.75 Å². The summed E-state index contributed by atoms with van der Waals surface area (Å²) < 4.78 is 5.24. The lowest BCUT2D eigenvalue weighted by Crippen LogP contribution is -2.35. The average molecular weight is 222 g/mol. The molecule has 0 bridgehead atoms. The lowest BCUT2D eigenvalue weighted by molar-refractivity contribution is 0.410. The molecule has 5 nitrogen and oxygen atoms in total. The predicted molar refractivity (Wildman–Crippen MR) is 62.9 cm³/mol. The van der Waals surface area contributed by atoms with Crippen molar-refractivity contribution >= 4 is 5.82 Å². The van der Waals surface area contributed by atoms with Gasteiger partial charge < -0.3 is 15.0 Å². The fourth-order valence-electron chi connectivity index (χ4n) is 2.07. The number of ether oxygens (including phenoxy) is 1. The zero-order valence-electron chi connectivity index (χ0n) is 9.81. The van der Waals surface area contributed by atoms with Gasteiger partial charge >= 0.3 is 0 Å². The van der Waals surface area contributed by atoms with E-state index in [0.29, 0.717) is 6.04 Å². The summed E-state index contributed by atoms with van der Waals surface area (Å²) in [4.78, 5) is 10.3.